The van der Waals surface area contributed by atoms with Crippen molar-refractivity contribution >= 4 is 11.3 Å². The van der Waals surface area contributed by atoms with Crippen LogP contribution < -0.4 is 5.32 Å². The van der Waals surface area contributed by atoms with Gasteiger partial charge in [-0.2, -0.15) is 0 Å². The predicted octanol–water partition coefficient (Wildman–Crippen LogP) is 3.05. The van der Waals surface area contributed by atoms with Crippen molar-refractivity contribution in [1.82, 2.24) is 10.3 Å². The summed E-state index contributed by atoms with van der Waals surface area (Å²) in [7, 11) is 1.76. The Balaban J connectivity index is 2.21. The fourth-order valence-electron chi connectivity index (χ4n) is 2.00. The standard InChI is InChI=1S/C14H24N2OS/c1-13(2,3)11-8-18-12(15-11)14(4,9-17-5)16-10-6-7-10/h8,10,16H,6-7,9H2,1-5H3. The van der Waals surface area contributed by atoms with Crippen molar-refractivity contribution in [2.24, 2.45) is 0 Å². The SMILES string of the molecule is COCC(C)(NC1CC1)c1nc(C(C)(C)C)cs1. The number of hydrogen-bond acceptors (Lipinski definition) is 4. The van der Waals surface area contributed by atoms with Crippen molar-refractivity contribution in [3.63, 3.8) is 0 Å². The van der Waals surface area contributed by atoms with E-state index in [1.807, 2.05) is 0 Å². The summed E-state index contributed by atoms with van der Waals surface area (Å²) in [5, 5.41) is 6.99. The molecule has 0 amide bonds. The molecule has 0 saturated heterocycles. The van der Waals surface area contributed by atoms with Crippen molar-refractivity contribution in [2.75, 3.05) is 13.7 Å². The van der Waals surface area contributed by atoms with E-state index in [0.717, 1.165) is 5.01 Å². The van der Waals surface area contributed by atoms with Crippen LogP contribution in [0.25, 0.3) is 0 Å². The minimum atomic E-state index is -0.149. The van der Waals surface area contributed by atoms with Crippen molar-refractivity contribution in [3.8, 4) is 0 Å². The Bertz CT molecular complexity index is 406. The Morgan fingerprint density at radius 2 is 2.06 bits per heavy atom. The number of methoxy groups -OCH3 is 1. The Morgan fingerprint density at radius 3 is 2.50 bits per heavy atom. The molecule has 1 fully saturated rings. The van der Waals surface area contributed by atoms with Gasteiger partial charge in [-0.1, -0.05) is 20.8 Å². The van der Waals surface area contributed by atoms with Crippen molar-refractivity contribution in [3.05, 3.63) is 16.1 Å². The molecule has 3 nitrogen and oxygen atoms in total. The summed E-state index contributed by atoms with van der Waals surface area (Å²) in [5.41, 5.74) is 1.13. The van der Waals surface area contributed by atoms with Gasteiger partial charge in [0, 0.05) is 23.9 Å². The highest BCUT2D eigenvalue weighted by Crippen LogP contribution is 2.33. The zero-order valence-electron chi connectivity index (χ0n) is 12.0. The molecule has 1 N–H and O–H groups in total. The van der Waals surface area contributed by atoms with E-state index in [1.165, 1.54) is 18.5 Å². The van der Waals surface area contributed by atoms with Crippen LogP contribution in [-0.2, 0) is 15.7 Å². The minimum absolute atomic E-state index is 0.113. The largest absolute Gasteiger partial charge is 0.382 e. The van der Waals surface area contributed by atoms with Gasteiger partial charge in [-0.25, -0.2) is 4.98 Å². The number of aromatic nitrogens is 1. The molecule has 1 saturated carbocycles. The third-order valence-electron chi connectivity index (χ3n) is 3.28. The van der Waals surface area contributed by atoms with Gasteiger partial charge in [0.1, 0.15) is 5.01 Å². The van der Waals surface area contributed by atoms with E-state index in [2.05, 4.69) is 38.4 Å². The normalized spacial score (nSPS) is 19.8. The lowest BCUT2D eigenvalue weighted by Crippen LogP contribution is -2.44. The van der Waals surface area contributed by atoms with E-state index in [4.69, 9.17) is 9.72 Å². The van der Waals surface area contributed by atoms with Crippen molar-refractivity contribution < 1.29 is 4.74 Å². The maximum Gasteiger partial charge on any atom is 0.115 e. The summed E-state index contributed by atoms with van der Waals surface area (Å²) in [4.78, 5) is 4.83. The highest BCUT2D eigenvalue weighted by atomic mass is 32.1. The zero-order chi connectivity index (χ0) is 13.4. The van der Waals surface area contributed by atoms with Crippen LogP contribution in [0.4, 0.5) is 0 Å². The smallest absolute Gasteiger partial charge is 0.115 e. The van der Waals surface area contributed by atoms with Crippen LogP contribution in [0.15, 0.2) is 5.38 Å². The molecule has 0 radical (unpaired) electrons. The van der Waals surface area contributed by atoms with Gasteiger partial charge < -0.3 is 10.1 Å². The van der Waals surface area contributed by atoms with Gasteiger partial charge in [-0.05, 0) is 19.8 Å². The summed E-state index contributed by atoms with van der Waals surface area (Å²) >= 11 is 1.74. The minimum Gasteiger partial charge on any atom is -0.382 e. The number of hydrogen-bond donors (Lipinski definition) is 1. The maximum absolute atomic E-state index is 5.39. The fourth-order valence-corrected chi connectivity index (χ4v) is 3.16. The first kappa shape index (κ1) is 14.0. The topological polar surface area (TPSA) is 34.1 Å². The molecule has 0 bridgehead atoms. The third-order valence-corrected chi connectivity index (χ3v) is 4.38. The fraction of sp³-hybridized carbons (Fsp3) is 0.786. The molecule has 1 aromatic rings. The van der Waals surface area contributed by atoms with Gasteiger partial charge in [-0.3, -0.25) is 0 Å². The Hall–Kier alpha value is -0.450. The van der Waals surface area contributed by atoms with Crippen LogP contribution in [0.1, 0.15) is 51.2 Å². The van der Waals surface area contributed by atoms with E-state index >= 15 is 0 Å². The van der Waals surface area contributed by atoms with Crippen LogP contribution in [0.3, 0.4) is 0 Å². The molecule has 4 heteroatoms. The summed E-state index contributed by atoms with van der Waals surface area (Å²) < 4.78 is 5.39. The number of nitrogens with zero attached hydrogens (tertiary/aromatic N) is 1. The molecule has 2 rings (SSSR count). The lowest BCUT2D eigenvalue weighted by Gasteiger charge is -2.28. The zero-order valence-corrected chi connectivity index (χ0v) is 12.9. The number of nitrogens with one attached hydrogen (secondary N) is 1. The van der Waals surface area contributed by atoms with E-state index in [0.29, 0.717) is 12.6 Å². The molecular weight excluding hydrogens is 244 g/mol. The highest BCUT2D eigenvalue weighted by molar-refractivity contribution is 7.09. The van der Waals surface area contributed by atoms with Gasteiger partial charge in [-0.15, -0.1) is 11.3 Å². The first-order valence-electron chi connectivity index (χ1n) is 6.58. The molecule has 1 heterocycles. The molecule has 18 heavy (non-hydrogen) atoms. The van der Waals surface area contributed by atoms with Crippen LogP contribution in [-0.4, -0.2) is 24.7 Å². The first-order valence-corrected chi connectivity index (χ1v) is 7.46. The monoisotopic (exact) mass is 268 g/mol. The lowest BCUT2D eigenvalue weighted by molar-refractivity contribution is 0.116. The van der Waals surface area contributed by atoms with E-state index in [1.54, 1.807) is 18.4 Å². The molecule has 0 aromatic carbocycles. The predicted molar refractivity (Wildman–Crippen MR) is 76.2 cm³/mol. The average Bonchev–Trinajstić information content (AvgIpc) is 2.90. The molecule has 1 unspecified atom stereocenters. The Labute approximate surface area is 114 Å². The van der Waals surface area contributed by atoms with E-state index < -0.39 is 0 Å². The number of rotatable bonds is 5. The molecule has 0 spiro atoms. The summed E-state index contributed by atoms with van der Waals surface area (Å²) in [6, 6.07) is 0.645. The van der Waals surface area contributed by atoms with E-state index in [-0.39, 0.29) is 11.0 Å². The summed E-state index contributed by atoms with van der Waals surface area (Å²) in [6.45, 7) is 9.47. The maximum atomic E-state index is 5.39. The Kier molecular flexibility index (Phi) is 3.81. The first-order chi connectivity index (χ1) is 8.35. The highest BCUT2D eigenvalue weighted by Gasteiger charge is 2.36. The molecule has 1 aliphatic rings. The van der Waals surface area contributed by atoms with Crippen LogP contribution >= 0.6 is 11.3 Å². The van der Waals surface area contributed by atoms with Gasteiger partial charge in [0.15, 0.2) is 0 Å². The molecule has 102 valence electrons. The second-order valence-electron chi connectivity index (χ2n) is 6.47. The molecule has 1 aromatic heterocycles. The average molecular weight is 268 g/mol. The molecular formula is C14H24N2OS. The summed E-state index contributed by atoms with van der Waals surface area (Å²) in [6.07, 6.45) is 2.55. The van der Waals surface area contributed by atoms with Crippen LogP contribution in [0.2, 0.25) is 0 Å². The third kappa shape index (κ3) is 3.11. The quantitative estimate of drug-likeness (QED) is 0.891. The Morgan fingerprint density at radius 1 is 1.39 bits per heavy atom. The number of ether oxygens (including phenoxy) is 1. The van der Waals surface area contributed by atoms with Gasteiger partial charge in [0.25, 0.3) is 0 Å². The van der Waals surface area contributed by atoms with Gasteiger partial charge in [0.2, 0.25) is 0 Å². The number of thiazole rings is 1. The lowest BCUT2D eigenvalue weighted by atomic mass is 9.93. The van der Waals surface area contributed by atoms with Gasteiger partial charge in [0.05, 0.1) is 17.8 Å². The summed E-state index contributed by atoms with van der Waals surface area (Å²) in [5.74, 6) is 0. The van der Waals surface area contributed by atoms with Crippen LogP contribution in [0, 0.1) is 0 Å². The molecule has 0 aliphatic heterocycles. The van der Waals surface area contributed by atoms with Crippen molar-refractivity contribution in [2.45, 2.75) is 57.5 Å². The van der Waals surface area contributed by atoms with Crippen molar-refractivity contribution in [1.29, 1.82) is 0 Å². The second kappa shape index (κ2) is 4.91. The van der Waals surface area contributed by atoms with Gasteiger partial charge >= 0.3 is 0 Å². The van der Waals surface area contributed by atoms with E-state index in [9.17, 15) is 0 Å². The molecule has 1 aliphatic carbocycles. The van der Waals surface area contributed by atoms with Crippen LogP contribution in [0.5, 0.6) is 0 Å². The second-order valence-corrected chi connectivity index (χ2v) is 7.33. The molecule has 1 atom stereocenters.